The first-order valence-electron chi connectivity index (χ1n) is 13.2. The molecule has 0 atom stereocenters. The Balaban J connectivity index is 1.43. The van der Waals surface area contributed by atoms with Crippen LogP contribution in [-0.2, 0) is 25.6 Å². The molecule has 1 aromatic heterocycles. The first kappa shape index (κ1) is 29.1. The van der Waals surface area contributed by atoms with Gasteiger partial charge in [0.25, 0.3) is 0 Å². The van der Waals surface area contributed by atoms with Gasteiger partial charge in [0.1, 0.15) is 23.9 Å². The zero-order valence-electron chi connectivity index (χ0n) is 23.0. The summed E-state index contributed by atoms with van der Waals surface area (Å²) >= 11 is 0. The van der Waals surface area contributed by atoms with Crippen LogP contribution in [0.15, 0.2) is 79.0 Å². The van der Waals surface area contributed by atoms with Crippen LogP contribution in [0.5, 0.6) is 17.2 Å². The Labute approximate surface area is 237 Å². The zero-order chi connectivity index (χ0) is 29.2. The van der Waals surface area contributed by atoms with Gasteiger partial charge in [0.05, 0.1) is 26.3 Å². The van der Waals surface area contributed by atoms with Crippen LogP contribution < -0.4 is 9.47 Å². The Morgan fingerprint density at radius 1 is 0.756 bits per heavy atom. The summed E-state index contributed by atoms with van der Waals surface area (Å²) in [6.45, 7) is -0.200. The van der Waals surface area contributed by atoms with Crippen molar-refractivity contribution >= 4 is 34.4 Å². The number of fused-ring (bicyclic) bond motifs is 1. The average molecular weight is 558 g/mol. The Morgan fingerprint density at radius 2 is 1.44 bits per heavy atom. The molecule has 41 heavy (non-hydrogen) atoms. The first-order chi connectivity index (χ1) is 19.9. The average Bonchev–Trinajstić information content (AvgIpc) is 3.36. The van der Waals surface area contributed by atoms with Gasteiger partial charge in [-0.05, 0) is 67.4 Å². The van der Waals surface area contributed by atoms with Gasteiger partial charge in [-0.25, -0.2) is 4.79 Å². The van der Waals surface area contributed by atoms with Gasteiger partial charge in [0.15, 0.2) is 11.6 Å². The second kappa shape index (κ2) is 13.9. The van der Waals surface area contributed by atoms with Crippen molar-refractivity contribution in [2.75, 3.05) is 20.8 Å². The third kappa shape index (κ3) is 7.82. The number of rotatable bonds is 14. The van der Waals surface area contributed by atoms with E-state index in [1.54, 1.807) is 53.2 Å². The number of methoxy groups -OCH3 is 2. The molecule has 0 aliphatic carbocycles. The fraction of sp³-hybridized carbons (Fsp3) is 0.250. The van der Waals surface area contributed by atoms with Crippen LogP contribution in [-0.4, -0.2) is 48.9 Å². The van der Waals surface area contributed by atoms with Crippen molar-refractivity contribution in [3.8, 4) is 17.2 Å². The smallest absolute Gasteiger partial charge is 0.337 e. The van der Waals surface area contributed by atoms with Crippen molar-refractivity contribution in [1.29, 1.82) is 0 Å². The highest BCUT2D eigenvalue weighted by Crippen LogP contribution is 2.26. The number of ketones is 2. The Bertz CT molecular complexity index is 1520. The Kier molecular flexibility index (Phi) is 9.88. The number of hydrogen-bond donors (Lipinski definition) is 0. The minimum atomic E-state index is -0.527. The van der Waals surface area contributed by atoms with E-state index in [1.165, 1.54) is 14.2 Å². The van der Waals surface area contributed by atoms with Gasteiger partial charge < -0.3 is 23.5 Å². The number of benzene rings is 3. The molecule has 0 N–H and O–H groups in total. The number of carbonyl (C=O) groups is 4. The van der Waals surface area contributed by atoms with Crippen LogP contribution in [0, 0.1) is 0 Å². The Morgan fingerprint density at radius 3 is 2.15 bits per heavy atom. The lowest BCUT2D eigenvalue weighted by Crippen LogP contribution is -2.17. The molecule has 0 bridgehead atoms. The van der Waals surface area contributed by atoms with Gasteiger partial charge in [-0.1, -0.05) is 18.2 Å². The summed E-state index contributed by atoms with van der Waals surface area (Å²) in [5, 5.41) is 0.550. The molecule has 0 spiro atoms. The number of carbonyl (C=O) groups excluding carboxylic acids is 4. The minimum absolute atomic E-state index is 0.0289. The number of aromatic nitrogens is 1. The molecule has 4 rings (SSSR count). The maximum absolute atomic E-state index is 13.1. The van der Waals surface area contributed by atoms with E-state index < -0.39 is 5.97 Å². The molecule has 9 nitrogen and oxygen atoms in total. The molecule has 212 valence electrons. The summed E-state index contributed by atoms with van der Waals surface area (Å²) in [6, 6.07) is 21.2. The molecular formula is C32H31NO8. The largest absolute Gasteiger partial charge is 0.486 e. The van der Waals surface area contributed by atoms with E-state index in [-0.39, 0.29) is 43.5 Å². The standard InChI is InChI=1S/C32H31NO8/c1-38-31(36)11-7-6-10-30(35)28-20-33(29-17-12-22(18-27(28)29)32(37)39-2)19-23(34)21-40-24-13-15-26(16-14-24)41-25-8-4-3-5-9-25/h3-5,8-9,12-18,20H,6-7,10-11,19,21H2,1-2H3. The molecule has 0 aliphatic rings. The molecule has 0 saturated carbocycles. The van der Waals surface area contributed by atoms with Crippen LogP contribution in [0.25, 0.3) is 10.9 Å². The van der Waals surface area contributed by atoms with Gasteiger partial charge in [-0.2, -0.15) is 0 Å². The third-order valence-corrected chi connectivity index (χ3v) is 6.41. The summed E-state index contributed by atoms with van der Waals surface area (Å²) in [4.78, 5) is 49.5. The van der Waals surface area contributed by atoms with Crippen molar-refractivity contribution in [3.05, 3.63) is 90.1 Å². The fourth-order valence-electron chi connectivity index (χ4n) is 4.31. The van der Waals surface area contributed by atoms with Crippen molar-refractivity contribution in [3.63, 3.8) is 0 Å². The van der Waals surface area contributed by atoms with Crippen LogP contribution in [0.1, 0.15) is 46.4 Å². The van der Waals surface area contributed by atoms with Gasteiger partial charge in [-0.3, -0.25) is 14.4 Å². The highest BCUT2D eigenvalue weighted by molar-refractivity contribution is 6.09. The third-order valence-electron chi connectivity index (χ3n) is 6.41. The number of unbranched alkanes of at least 4 members (excludes halogenated alkanes) is 1. The van der Waals surface area contributed by atoms with Crippen LogP contribution >= 0.6 is 0 Å². The first-order valence-corrected chi connectivity index (χ1v) is 13.2. The predicted octanol–water partition coefficient (Wildman–Crippen LogP) is 5.78. The molecule has 9 heteroatoms. The number of hydrogen-bond acceptors (Lipinski definition) is 8. The number of ether oxygens (including phenoxy) is 4. The second-order valence-corrected chi connectivity index (χ2v) is 9.31. The van der Waals surface area contributed by atoms with Crippen molar-refractivity contribution < 1.29 is 38.1 Å². The molecule has 0 aliphatic heterocycles. The second-order valence-electron chi connectivity index (χ2n) is 9.31. The number of nitrogens with zero attached hydrogens (tertiary/aromatic N) is 1. The highest BCUT2D eigenvalue weighted by Gasteiger charge is 2.19. The molecule has 1 heterocycles. The normalized spacial score (nSPS) is 10.7. The maximum Gasteiger partial charge on any atom is 0.337 e. The van der Waals surface area contributed by atoms with Gasteiger partial charge in [0.2, 0.25) is 0 Å². The fourth-order valence-corrected chi connectivity index (χ4v) is 4.31. The SMILES string of the molecule is COC(=O)CCCCC(=O)c1cn(CC(=O)COc2ccc(Oc3ccccc3)cc2)c2ccc(C(=O)OC)cc12. The Hall–Kier alpha value is -4.92. The van der Waals surface area contributed by atoms with Crippen molar-refractivity contribution in [2.45, 2.75) is 32.2 Å². The van der Waals surface area contributed by atoms with Gasteiger partial charge >= 0.3 is 11.9 Å². The minimum Gasteiger partial charge on any atom is -0.486 e. The monoisotopic (exact) mass is 557 g/mol. The van der Waals surface area contributed by atoms with Gasteiger partial charge in [0, 0.05) is 35.5 Å². The van der Waals surface area contributed by atoms with Crippen molar-refractivity contribution in [2.24, 2.45) is 0 Å². The number of Topliss-reactive ketones (excluding diaryl/α,β-unsaturated/α-hetero) is 2. The number of para-hydroxylation sites is 1. The number of esters is 2. The van der Waals surface area contributed by atoms with E-state index in [4.69, 9.17) is 14.2 Å². The summed E-state index contributed by atoms with van der Waals surface area (Å²) in [6.07, 6.45) is 3.08. The molecule has 4 aromatic rings. The zero-order valence-corrected chi connectivity index (χ0v) is 23.0. The van der Waals surface area contributed by atoms with Crippen LogP contribution in [0.2, 0.25) is 0 Å². The van der Waals surface area contributed by atoms with Gasteiger partial charge in [-0.15, -0.1) is 0 Å². The quantitative estimate of drug-likeness (QED) is 0.109. The molecule has 3 aromatic carbocycles. The highest BCUT2D eigenvalue weighted by atomic mass is 16.5. The van der Waals surface area contributed by atoms with Crippen LogP contribution in [0.4, 0.5) is 0 Å². The topological polar surface area (TPSA) is 110 Å². The summed E-state index contributed by atoms with van der Waals surface area (Å²) in [5.41, 5.74) is 1.32. The van der Waals surface area contributed by atoms with Crippen molar-refractivity contribution in [1.82, 2.24) is 4.57 Å². The molecular weight excluding hydrogens is 526 g/mol. The molecule has 0 amide bonds. The molecule has 0 saturated heterocycles. The van der Waals surface area contributed by atoms with E-state index in [0.717, 1.165) is 0 Å². The summed E-state index contributed by atoms with van der Waals surface area (Å²) in [5.74, 6) is 0.662. The molecule has 0 unspecified atom stereocenters. The predicted molar refractivity (Wildman–Crippen MR) is 152 cm³/mol. The lowest BCUT2D eigenvalue weighted by atomic mass is 10.0. The molecule has 0 radical (unpaired) electrons. The summed E-state index contributed by atoms with van der Waals surface area (Å²) in [7, 11) is 2.61. The van der Waals surface area contributed by atoms with E-state index in [1.807, 2.05) is 30.3 Å². The van der Waals surface area contributed by atoms with E-state index >= 15 is 0 Å². The lowest BCUT2D eigenvalue weighted by molar-refractivity contribution is -0.140. The lowest BCUT2D eigenvalue weighted by Gasteiger charge is -2.09. The molecule has 0 fully saturated rings. The van der Waals surface area contributed by atoms with E-state index in [2.05, 4.69) is 4.74 Å². The van der Waals surface area contributed by atoms with Crippen LogP contribution in [0.3, 0.4) is 0 Å². The van der Waals surface area contributed by atoms with E-state index in [0.29, 0.717) is 52.1 Å². The van der Waals surface area contributed by atoms with E-state index in [9.17, 15) is 19.2 Å². The summed E-state index contributed by atoms with van der Waals surface area (Å²) < 4.78 is 22.6. The maximum atomic E-state index is 13.1.